The first-order chi connectivity index (χ1) is 16.5. The van der Waals surface area contributed by atoms with Crippen molar-refractivity contribution in [1.82, 2.24) is 10.3 Å². The van der Waals surface area contributed by atoms with Crippen LogP contribution in [0.5, 0.6) is 11.5 Å². The summed E-state index contributed by atoms with van der Waals surface area (Å²) in [6.45, 7) is 0.353. The molecule has 2 aromatic rings. The monoisotopic (exact) mass is 482 g/mol. The number of amides is 1. The molecule has 0 aromatic heterocycles. The molecule has 0 unspecified atom stereocenters. The number of benzene rings is 2. The number of carbonyl (C=O) groups is 1. The maximum absolute atomic E-state index is 12.6. The number of hydrogen-bond acceptors (Lipinski definition) is 7. The van der Waals surface area contributed by atoms with Crippen LogP contribution in [0.4, 0.5) is 0 Å². The summed E-state index contributed by atoms with van der Waals surface area (Å²) in [5.74, 6) is 1.41. The highest BCUT2D eigenvalue weighted by Crippen LogP contribution is 2.32. The predicted octanol–water partition coefficient (Wildman–Crippen LogP) is 3.04. The fourth-order valence-electron chi connectivity index (χ4n) is 4.38. The molecule has 10 heteroatoms. The van der Waals surface area contributed by atoms with Crippen LogP contribution in [0.1, 0.15) is 49.7 Å². The van der Waals surface area contributed by atoms with Crippen molar-refractivity contribution < 1.29 is 22.7 Å². The minimum Gasteiger partial charge on any atom is -0.454 e. The van der Waals surface area contributed by atoms with Crippen LogP contribution in [0.2, 0.25) is 0 Å². The van der Waals surface area contributed by atoms with Crippen LogP contribution >= 0.6 is 0 Å². The number of nitrogens with zero attached hydrogens (tertiary/aromatic N) is 3. The predicted molar refractivity (Wildman–Crippen MR) is 127 cm³/mol. The highest BCUT2D eigenvalue weighted by molar-refractivity contribution is 7.90. The molecule has 1 aliphatic carbocycles. The van der Waals surface area contributed by atoms with Crippen LogP contribution < -0.4 is 14.8 Å². The summed E-state index contributed by atoms with van der Waals surface area (Å²) in [5.41, 5.74) is 1.22. The molecule has 1 N–H and O–H groups in total. The van der Waals surface area contributed by atoms with E-state index >= 15 is 0 Å². The lowest BCUT2D eigenvalue weighted by atomic mass is 9.95. The Morgan fingerprint density at radius 3 is 2.76 bits per heavy atom. The van der Waals surface area contributed by atoms with E-state index in [1.807, 2.05) is 6.07 Å². The van der Waals surface area contributed by atoms with E-state index < -0.39 is 10.0 Å². The van der Waals surface area contributed by atoms with Crippen molar-refractivity contribution in [2.24, 2.45) is 9.50 Å². The summed E-state index contributed by atoms with van der Waals surface area (Å²) >= 11 is 0. The van der Waals surface area contributed by atoms with Crippen molar-refractivity contribution in [3.63, 3.8) is 0 Å². The van der Waals surface area contributed by atoms with E-state index in [9.17, 15) is 13.2 Å². The van der Waals surface area contributed by atoms with Crippen LogP contribution in [-0.2, 0) is 14.8 Å². The Labute approximate surface area is 198 Å². The van der Waals surface area contributed by atoms with E-state index in [1.54, 1.807) is 36.5 Å². The SMILES string of the molecule is O=C(CCN(N=Cc1ccc2c(c1)OCO2)C1=NS(=O)(=O)c2ccccc21)NC1CCCCC1. The molecule has 0 radical (unpaired) electrons. The average Bonchev–Trinajstić information content (AvgIpc) is 3.41. The van der Waals surface area contributed by atoms with Gasteiger partial charge in [-0.05, 0) is 48.7 Å². The average molecular weight is 483 g/mol. The molecule has 5 rings (SSSR count). The third-order valence-electron chi connectivity index (χ3n) is 6.12. The molecule has 9 nitrogen and oxygen atoms in total. The Morgan fingerprint density at radius 1 is 1.12 bits per heavy atom. The van der Waals surface area contributed by atoms with Crippen LogP contribution in [0.25, 0.3) is 0 Å². The Hall–Kier alpha value is -3.40. The summed E-state index contributed by atoms with van der Waals surface area (Å²) in [4.78, 5) is 12.8. The number of hydrazone groups is 1. The summed E-state index contributed by atoms with van der Waals surface area (Å²) in [6.07, 6.45) is 7.21. The van der Waals surface area contributed by atoms with Crippen LogP contribution in [-0.4, -0.2) is 50.8 Å². The number of hydrogen-bond donors (Lipinski definition) is 1. The van der Waals surface area contributed by atoms with Crippen molar-refractivity contribution in [2.45, 2.75) is 49.5 Å². The van der Waals surface area contributed by atoms with Gasteiger partial charge in [0.15, 0.2) is 17.3 Å². The lowest BCUT2D eigenvalue weighted by Crippen LogP contribution is -2.38. The summed E-state index contributed by atoms with van der Waals surface area (Å²) < 4.78 is 39.9. The lowest BCUT2D eigenvalue weighted by molar-refractivity contribution is -0.122. The fraction of sp³-hybridized carbons (Fsp3) is 0.375. The van der Waals surface area contributed by atoms with Gasteiger partial charge in [0.25, 0.3) is 10.0 Å². The molecule has 0 bridgehead atoms. The summed E-state index contributed by atoms with van der Waals surface area (Å²) in [7, 11) is -3.82. The lowest BCUT2D eigenvalue weighted by Gasteiger charge is -2.24. The number of amidine groups is 1. The highest BCUT2D eigenvalue weighted by Gasteiger charge is 2.32. The van der Waals surface area contributed by atoms with Gasteiger partial charge in [-0.3, -0.25) is 4.79 Å². The molecule has 2 aromatic carbocycles. The molecule has 0 atom stereocenters. The second kappa shape index (κ2) is 9.46. The number of ether oxygens (including phenoxy) is 2. The standard InChI is InChI=1S/C24H26N4O5S/c29-23(26-18-6-2-1-3-7-18)12-13-28(24-19-8-4-5-9-22(19)34(30,31)27-24)25-15-17-10-11-20-21(14-17)33-16-32-20/h4-5,8-11,14-15,18H,1-3,6-7,12-13,16H2,(H,26,29). The summed E-state index contributed by atoms with van der Waals surface area (Å²) in [5, 5.41) is 9.10. The zero-order valence-corrected chi connectivity index (χ0v) is 19.5. The largest absolute Gasteiger partial charge is 0.454 e. The summed E-state index contributed by atoms with van der Waals surface area (Å²) in [6, 6.07) is 12.3. The molecule has 0 spiro atoms. The molecule has 178 valence electrons. The van der Waals surface area contributed by atoms with Crippen molar-refractivity contribution in [1.29, 1.82) is 0 Å². The van der Waals surface area contributed by atoms with E-state index in [-0.39, 0.29) is 42.4 Å². The van der Waals surface area contributed by atoms with E-state index in [0.717, 1.165) is 31.2 Å². The van der Waals surface area contributed by atoms with Crippen LogP contribution in [0.3, 0.4) is 0 Å². The molecule has 34 heavy (non-hydrogen) atoms. The highest BCUT2D eigenvalue weighted by atomic mass is 32.2. The normalized spacial score (nSPS) is 18.5. The molecule has 2 aliphatic heterocycles. The quantitative estimate of drug-likeness (QED) is 0.501. The molecular formula is C24H26N4O5S. The Kier molecular flexibility index (Phi) is 6.23. The zero-order valence-electron chi connectivity index (χ0n) is 18.6. The Bertz CT molecular complexity index is 1250. The molecule has 3 aliphatic rings. The third kappa shape index (κ3) is 4.77. The number of carbonyl (C=O) groups excluding carboxylic acids is 1. The molecule has 1 fully saturated rings. The van der Waals surface area contributed by atoms with Gasteiger partial charge in [0, 0.05) is 18.0 Å². The molecule has 1 saturated carbocycles. The van der Waals surface area contributed by atoms with Gasteiger partial charge in [-0.25, -0.2) is 5.01 Å². The number of sulfonamides is 1. The minimum atomic E-state index is -3.82. The van der Waals surface area contributed by atoms with Gasteiger partial charge < -0.3 is 14.8 Å². The topological polar surface area (TPSA) is 110 Å². The first kappa shape index (κ1) is 22.4. The van der Waals surface area contributed by atoms with E-state index in [0.29, 0.717) is 17.1 Å². The molecule has 2 heterocycles. The fourth-order valence-corrected chi connectivity index (χ4v) is 5.58. The number of nitrogens with one attached hydrogen (secondary N) is 1. The van der Waals surface area contributed by atoms with E-state index in [4.69, 9.17) is 9.47 Å². The molecule has 0 saturated heterocycles. The van der Waals surface area contributed by atoms with E-state index in [2.05, 4.69) is 14.8 Å². The first-order valence-electron chi connectivity index (χ1n) is 11.4. The molecular weight excluding hydrogens is 456 g/mol. The van der Waals surface area contributed by atoms with Crippen molar-refractivity contribution >= 4 is 28.0 Å². The van der Waals surface area contributed by atoms with Crippen LogP contribution in [0, 0.1) is 0 Å². The van der Waals surface area contributed by atoms with Gasteiger partial charge in [0.05, 0.1) is 12.8 Å². The zero-order chi connectivity index (χ0) is 23.5. The van der Waals surface area contributed by atoms with Crippen molar-refractivity contribution in [2.75, 3.05) is 13.3 Å². The van der Waals surface area contributed by atoms with Crippen molar-refractivity contribution in [3.05, 3.63) is 53.6 Å². The van der Waals surface area contributed by atoms with Gasteiger partial charge in [0.2, 0.25) is 12.7 Å². The minimum absolute atomic E-state index is 0.0788. The van der Waals surface area contributed by atoms with Gasteiger partial charge in [-0.2, -0.15) is 13.5 Å². The maximum Gasteiger partial charge on any atom is 0.285 e. The van der Waals surface area contributed by atoms with Crippen LogP contribution in [0.15, 0.2) is 56.9 Å². The van der Waals surface area contributed by atoms with Gasteiger partial charge in [-0.1, -0.05) is 31.4 Å². The van der Waals surface area contributed by atoms with Gasteiger partial charge in [0.1, 0.15) is 4.90 Å². The maximum atomic E-state index is 12.6. The van der Waals surface area contributed by atoms with Gasteiger partial charge in [-0.15, -0.1) is 4.40 Å². The first-order valence-corrected chi connectivity index (χ1v) is 12.9. The Morgan fingerprint density at radius 2 is 1.91 bits per heavy atom. The van der Waals surface area contributed by atoms with Gasteiger partial charge >= 0.3 is 0 Å². The Balaban J connectivity index is 1.37. The third-order valence-corrected chi connectivity index (χ3v) is 7.45. The number of fused-ring (bicyclic) bond motifs is 2. The smallest absolute Gasteiger partial charge is 0.285 e. The second-order valence-corrected chi connectivity index (χ2v) is 10.1. The molecule has 1 amide bonds. The van der Waals surface area contributed by atoms with Crippen molar-refractivity contribution in [3.8, 4) is 11.5 Å². The number of rotatable bonds is 6. The van der Waals surface area contributed by atoms with E-state index in [1.165, 1.54) is 17.5 Å². The second-order valence-electron chi connectivity index (χ2n) is 8.52.